The molecule has 1 N–H and O–H groups in total. The largest absolute Gasteiger partial charge is 0.324 e. The van der Waals surface area contributed by atoms with E-state index in [4.69, 9.17) is 0 Å². The lowest BCUT2D eigenvalue weighted by Gasteiger charge is -2.22. The first-order valence-electron chi connectivity index (χ1n) is 7.11. The number of thioether (sulfide) groups is 1. The minimum absolute atomic E-state index is 0.166. The third-order valence-electron chi connectivity index (χ3n) is 3.89. The lowest BCUT2D eigenvalue weighted by molar-refractivity contribution is -0.119. The van der Waals surface area contributed by atoms with Crippen molar-refractivity contribution in [1.82, 2.24) is 13.6 Å². The summed E-state index contributed by atoms with van der Waals surface area (Å²) in [4.78, 5) is 26.6. The van der Waals surface area contributed by atoms with E-state index in [9.17, 15) is 9.59 Å². The van der Waals surface area contributed by atoms with Gasteiger partial charge in [-0.1, -0.05) is 12.1 Å². The molecule has 2 amide bonds. The van der Waals surface area contributed by atoms with Crippen LogP contribution in [0.1, 0.15) is 21.6 Å². The maximum atomic E-state index is 12.6. The Morgan fingerprint density at radius 3 is 2.91 bits per heavy atom. The highest BCUT2D eigenvalue weighted by molar-refractivity contribution is 7.99. The summed E-state index contributed by atoms with van der Waals surface area (Å²) in [7, 11) is 0. The lowest BCUT2D eigenvalue weighted by Crippen LogP contribution is -2.44. The van der Waals surface area contributed by atoms with E-state index in [1.165, 1.54) is 6.20 Å². The molecule has 0 spiro atoms. The highest BCUT2D eigenvalue weighted by Gasteiger charge is 2.36. The Hall–Kier alpha value is -1.93. The summed E-state index contributed by atoms with van der Waals surface area (Å²) in [5, 5.41) is 2.94. The average molecular weight is 348 g/mol. The van der Waals surface area contributed by atoms with E-state index in [1.54, 1.807) is 16.7 Å². The van der Waals surface area contributed by atoms with Crippen molar-refractivity contribution >= 4 is 41.0 Å². The molecule has 2 heterocycles. The molecule has 0 bridgehead atoms. The minimum atomic E-state index is -0.492. The summed E-state index contributed by atoms with van der Waals surface area (Å²) in [6, 6.07) is 5.29. The zero-order chi connectivity index (χ0) is 16.4. The molecule has 3 rings (SSSR count). The molecule has 0 unspecified atom stereocenters. The minimum Gasteiger partial charge on any atom is -0.324 e. The van der Waals surface area contributed by atoms with Crippen molar-refractivity contribution < 1.29 is 9.59 Å². The molecule has 2 aromatic rings. The SMILES string of the molecule is Cc1cccc(NC(=O)[C@@H]2CSCN2C(=O)c2cnsn2)c1C. The molecule has 0 aliphatic carbocycles. The maximum absolute atomic E-state index is 12.6. The van der Waals surface area contributed by atoms with E-state index in [1.807, 2.05) is 32.0 Å². The Morgan fingerprint density at radius 2 is 2.17 bits per heavy atom. The smallest absolute Gasteiger partial charge is 0.276 e. The van der Waals surface area contributed by atoms with Crippen LogP contribution in [0.4, 0.5) is 5.69 Å². The number of rotatable bonds is 3. The fraction of sp³-hybridized carbons (Fsp3) is 0.333. The van der Waals surface area contributed by atoms with Gasteiger partial charge in [-0.2, -0.15) is 8.75 Å². The van der Waals surface area contributed by atoms with Crippen molar-refractivity contribution in [3.63, 3.8) is 0 Å². The molecule has 1 aromatic carbocycles. The summed E-state index contributed by atoms with van der Waals surface area (Å²) in [5.74, 6) is 0.659. The van der Waals surface area contributed by atoms with E-state index in [0.717, 1.165) is 28.5 Å². The fourth-order valence-corrected chi connectivity index (χ4v) is 3.93. The first-order chi connectivity index (χ1) is 11.1. The van der Waals surface area contributed by atoms with Gasteiger partial charge in [0.05, 0.1) is 23.8 Å². The number of amides is 2. The average Bonchev–Trinajstić information content (AvgIpc) is 3.21. The Balaban J connectivity index is 1.76. The van der Waals surface area contributed by atoms with Gasteiger partial charge in [-0.15, -0.1) is 11.8 Å². The third kappa shape index (κ3) is 3.23. The molecular weight excluding hydrogens is 332 g/mol. The molecule has 0 saturated carbocycles. The van der Waals surface area contributed by atoms with Gasteiger partial charge in [-0.3, -0.25) is 9.59 Å². The fourth-order valence-electron chi connectivity index (χ4n) is 2.37. The highest BCUT2D eigenvalue weighted by atomic mass is 32.2. The van der Waals surface area contributed by atoms with Crippen LogP contribution >= 0.6 is 23.5 Å². The van der Waals surface area contributed by atoms with Crippen molar-refractivity contribution in [2.75, 3.05) is 16.9 Å². The number of hydrogen-bond donors (Lipinski definition) is 1. The van der Waals surface area contributed by atoms with Crippen LogP contribution in [-0.4, -0.2) is 43.1 Å². The van der Waals surface area contributed by atoms with Gasteiger partial charge in [-0.05, 0) is 31.0 Å². The molecule has 1 saturated heterocycles. The zero-order valence-electron chi connectivity index (χ0n) is 12.8. The second kappa shape index (κ2) is 6.67. The topological polar surface area (TPSA) is 75.2 Å². The molecule has 1 aromatic heterocycles. The molecule has 120 valence electrons. The first kappa shape index (κ1) is 15.9. The Labute approximate surface area is 142 Å². The Bertz CT molecular complexity index is 733. The van der Waals surface area contributed by atoms with Crippen molar-refractivity contribution in [2.24, 2.45) is 0 Å². The van der Waals surface area contributed by atoms with Crippen LogP contribution in [0.5, 0.6) is 0 Å². The van der Waals surface area contributed by atoms with Crippen molar-refractivity contribution in [3.8, 4) is 0 Å². The predicted octanol–water partition coefficient (Wildman–Crippen LogP) is 2.31. The van der Waals surface area contributed by atoms with Gasteiger partial charge in [-0.25, -0.2) is 0 Å². The van der Waals surface area contributed by atoms with Crippen LogP contribution in [0.25, 0.3) is 0 Å². The van der Waals surface area contributed by atoms with Crippen LogP contribution < -0.4 is 5.32 Å². The number of hydrogen-bond acceptors (Lipinski definition) is 6. The van der Waals surface area contributed by atoms with Gasteiger partial charge in [0.15, 0.2) is 5.69 Å². The third-order valence-corrected chi connectivity index (χ3v) is 5.38. The van der Waals surface area contributed by atoms with Crippen LogP contribution in [0.3, 0.4) is 0 Å². The molecule has 0 radical (unpaired) electrons. The summed E-state index contributed by atoms with van der Waals surface area (Å²) < 4.78 is 7.81. The van der Waals surface area contributed by atoms with Crippen LogP contribution in [0, 0.1) is 13.8 Å². The Morgan fingerprint density at radius 1 is 1.35 bits per heavy atom. The summed E-state index contributed by atoms with van der Waals surface area (Å²) in [6.45, 7) is 3.97. The van der Waals surface area contributed by atoms with E-state index in [-0.39, 0.29) is 11.8 Å². The maximum Gasteiger partial charge on any atom is 0.276 e. The van der Waals surface area contributed by atoms with Crippen LogP contribution in [0.2, 0.25) is 0 Å². The van der Waals surface area contributed by atoms with Gasteiger partial charge in [0, 0.05) is 11.4 Å². The number of aromatic nitrogens is 2. The van der Waals surface area contributed by atoms with Gasteiger partial charge in [0.2, 0.25) is 5.91 Å². The standard InChI is InChI=1S/C15H16N4O2S2/c1-9-4-3-5-11(10(9)2)17-14(20)13-7-22-8-19(13)15(21)12-6-16-23-18-12/h3-6,13H,7-8H2,1-2H3,(H,17,20)/t13-/m0/s1. The number of anilines is 1. The Kier molecular flexibility index (Phi) is 4.63. The molecule has 1 atom stereocenters. The van der Waals surface area contributed by atoms with E-state index in [0.29, 0.717) is 17.3 Å². The second-order valence-corrected chi connectivity index (χ2v) is 6.88. The number of carbonyl (C=O) groups is 2. The number of nitrogens with one attached hydrogen (secondary N) is 1. The quantitative estimate of drug-likeness (QED) is 0.921. The van der Waals surface area contributed by atoms with Crippen LogP contribution in [-0.2, 0) is 4.79 Å². The molecular formula is C15H16N4O2S2. The number of aryl methyl sites for hydroxylation is 1. The molecule has 1 fully saturated rings. The van der Waals surface area contributed by atoms with Crippen molar-refractivity contribution in [3.05, 3.63) is 41.2 Å². The summed E-state index contributed by atoms with van der Waals surface area (Å²) >= 11 is 2.55. The van der Waals surface area contributed by atoms with Crippen molar-refractivity contribution in [1.29, 1.82) is 0 Å². The van der Waals surface area contributed by atoms with E-state index in [2.05, 4.69) is 14.1 Å². The molecule has 8 heteroatoms. The van der Waals surface area contributed by atoms with Gasteiger partial charge < -0.3 is 10.2 Å². The molecule has 6 nitrogen and oxygen atoms in total. The molecule has 1 aliphatic rings. The number of carbonyl (C=O) groups excluding carboxylic acids is 2. The summed E-state index contributed by atoms with van der Waals surface area (Å²) in [6.07, 6.45) is 1.44. The van der Waals surface area contributed by atoms with Crippen LogP contribution in [0.15, 0.2) is 24.4 Å². The zero-order valence-corrected chi connectivity index (χ0v) is 14.4. The first-order valence-corrected chi connectivity index (χ1v) is 9.00. The number of nitrogens with zero attached hydrogens (tertiary/aromatic N) is 3. The second-order valence-electron chi connectivity index (χ2n) is 5.32. The lowest BCUT2D eigenvalue weighted by atomic mass is 10.1. The monoisotopic (exact) mass is 348 g/mol. The van der Waals surface area contributed by atoms with Crippen molar-refractivity contribution in [2.45, 2.75) is 19.9 Å². The van der Waals surface area contributed by atoms with Gasteiger partial charge >= 0.3 is 0 Å². The van der Waals surface area contributed by atoms with Gasteiger partial charge in [0.1, 0.15) is 6.04 Å². The van der Waals surface area contributed by atoms with E-state index >= 15 is 0 Å². The predicted molar refractivity (Wildman–Crippen MR) is 91.7 cm³/mol. The molecule has 23 heavy (non-hydrogen) atoms. The summed E-state index contributed by atoms with van der Waals surface area (Å²) in [5.41, 5.74) is 3.23. The molecule has 1 aliphatic heterocycles. The highest BCUT2D eigenvalue weighted by Crippen LogP contribution is 2.25. The normalized spacial score (nSPS) is 17.3. The number of benzene rings is 1. The van der Waals surface area contributed by atoms with E-state index < -0.39 is 6.04 Å². The van der Waals surface area contributed by atoms with Gasteiger partial charge in [0.25, 0.3) is 5.91 Å².